The predicted molar refractivity (Wildman–Crippen MR) is 113 cm³/mol. The fourth-order valence-corrected chi connectivity index (χ4v) is 6.03. The molecule has 2 aromatic rings. The van der Waals surface area contributed by atoms with Crippen LogP contribution in [-0.2, 0) is 21.3 Å². The molecule has 1 aromatic heterocycles. The van der Waals surface area contributed by atoms with Crippen molar-refractivity contribution in [3.63, 3.8) is 0 Å². The van der Waals surface area contributed by atoms with Crippen LogP contribution in [0.2, 0.25) is 0 Å². The van der Waals surface area contributed by atoms with Crippen molar-refractivity contribution >= 4 is 27.4 Å². The molecule has 30 heavy (non-hydrogen) atoms. The Morgan fingerprint density at radius 3 is 2.47 bits per heavy atom. The number of urea groups is 1. The molecule has 164 valence electrons. The Morgan fingerprint density at radius 1 is 1.17 bits per heavy atom. The van der Waals surface area contributed by atoms with Crippen LogP contribution >= 0.6 is 11.3 Å². The summed E-state index contributed by atoms with van der Waals surface area (Å²) in [7, 11) is -3.54. The Hall–Kier alpha value is -2.01. The minimum Gasteiger partial charge on any atom is -0.379 e. The summed E-state index contributed by atoms with van der Waals surface area (Å²) in [5.74, 6) is -0.223. The number of hydrogen-bond donors (Lipinski definition) is 2. The molecule has 0 saturated carbocycles. The lowest BCUT2D eigenvalue weighted by atomic mass is 9.96. The molecule has 2 amide bonds. The highest BCUT2D eigenvalue weighted by Gasteiger charge is 2.27. The molecule has 1 aromatic carbocycles. The van der Waals surface area contributed by atoms with Gasteiger partial charge in [-0.1, -0.05) is 26.0 Å². The third-order valence-electron chi connectivity index (χ3n) is 4.81. The number of carbonyl (C=O) groups excluding carboxylic acids is 1. The summed E-state index contributed by atoms with van der Waals surface area (Å²) < 4.78 is 45.5. The molecule has 0 spiro atoms. The number of amides is 2. The molecule has 1 aliphatic rings. The molecule has 2 heterocycles. The molecule has 1 aliphatic heterocycles. The van der Waals surface area contributed by atoms with E-state index in [4.69, 9.17) is 4.74 Å². The second-order valence-electron chi connectivity index (χ2n) is 7.34. The second-order valence-corrected chi connectivity index (χ2v) is 10.7. The monoisotopic (exact) mass is 455 g/mol. The maximum atomic E-state index is 13.2. The van der Waals surface area contributed by atoms with E-state index in [1.165, 1.54) is 16.4 Å². The van der Waals surface area contributed by atoms with Gasteiger partial charge in [0.05, 0.1) is 25.8 Å². The van der Waals surface area contributed by atoms with E-state index in [9.17, 15) is 17.6 Å². The molecule has 3 rings (SSSR count). The smallest absolute Gasteiger partial charge is 0.315 e. The number of carbonyl (C=O) groups is 1. The van der Waals surface area contributed by atoms with Crippen molar-refractivity contribution < 1.29 is 22.3 Å². The molecule has 1 saturated heterocycles. The van der Waals surface area contributed by atoms with E-state index in [1.54, 1.807) is 24.3 Å². The summed E-state index contributed by atoms with van der Waals surface area (Å²) in [6, 6.07) is 8.68. The van der Waals surface area contributed by atoms with E-state index in [-0.39, 0.29) is 34.6 Å². The first kappa shape index (κ1) is 22.7. The summed E-state index contributed by atoms with van der Waals surface area (Å²) in [5.41, 5.74) is 0.816. The van der Waals surface area contributed by atoms with Crippen LogP contribution in [0.3, 0.4) is 0 Å². The molecule has 1 fully saturated rings. The highest BCUT2D eigenvalue weighted by atomic mass is 32.2. The van der Waals surface area contributed by atoms with E-state index in [2.05, 4.69) is 10.6 Å². The minimum absolute atomic E-state index is 0.105. The minimum atomic E-state index is -3.54. The standard InChI is InChI=1S/C20H26FN3O4S2/c1-14(2)19(15-3-5-16(21)6-4-15)23-20(25)22-13-17-7-8-18(29-17)30(26,27)24-9-11-28-12-10-24/h3-8,14,19H,9-13H2,1-2H3,(H2,22,23,25). The van der Waals surface area contributed by atoms with Gasteiger partial charge in [0.25, 0.3) is 10.0 Å². The van der Waals surface area contributed by atoms with Gasteiger partial charge in [-0.3, -0.25) is 0 Å². The van der Waals surface area contributed by atoms with Crippen LogP contribution in [0.15, 0.2) is 40.6 Å². The average molecular weight is 456 g/mol. The van der Waals surface area contributed by atoms with Gasteiger partial charge in [0, 0.05) is 18.0 Å². The number of benzene rings is 1. The Labute approximate surface area is 180 Å². The number of halogens is 1. The molecule has 0 radical (unpaired) electrons. The molecule has 0 aliphatic carbocycles. The van der Waals surface area contributed by atoms with Crippen molar-refractivity contribution in [3.05, 3.63) is 52.7 Å². The van der Waals surface area contributed by atoms with E-state index in [1.807, 2.05) is 13.8 Å². The number of nitrogens with one attached hydrogen (secondary N) is 2. The van der Waals surface area contributed by atoms with Gasteiger partial charge < -0.3 is 15.4 Å². The van der Waals surface area contributed by atoms with Gasteiger partial charge in [-0.05, 0) is 35.7 Å². The van der Waals surface area contributed by atoms with Crippen LogP contribution in [0, 0.1) is 11.7 Å². The molecular weight excluding hydrogens is 429 g/mol. The van der Waals surface area contributed by atoms with Crippen LogP contribution in [0.25, 0.3) is 0 Å². The number of rotatable bonds is 7. The van der Waals surface area contributed by atoms with Crippen LogP contribution in [0.1, 0.15) is 30.3 Å². The fourth-order valence-electron chi connectivity index (χ4n) is 3.17. The summed E-state index contributed by atoms with van der Waals surface area (Å²) in [5, 5.41) is 5.67. The van der Waals surface area contributed by atoms with Gasteiger partial charge in [0.1, 0.15) is 10.0 Å². The lowest BCUT2D eigenvalue weighted by molar-refractivity contribution is 0.0731. The van der Waals surface area contributed by atoms with Gasteiger partial charge in [0.2, 0.25) is 0 Å². The van der Waals surface area contributed by atoms with E-state index < -0.39 is 10.0 Å². The third-order valence-corrected chi connectivity index (χ3v) is 8.26. The normalized spacial score (nSPS) is 16.4. The van der Waals surface area contributed by atoms with Crippen molar-refractivity contribution in [2.75, 3.05) is 26.3 Å². The number of ether oxygens (including phenoxy) is 1. The molecule has 10 heteroatoms. The van der Waals surface area contributed by atoms with Gasteiger partial charge >= 0.3 is 6.03 Å². The van der Waals surface area contributed by atoms with Crippen LogP contribution in [0.4, 0.5) is 9.18 Å². The Bertz CT molecular complexity index is 955. The zero-order valence-electron chi connectivity index (χ0n) is 16.9. The van der Waals surface area contributed by atoms with E-state index in [0.717, 1.165) is 21.8 Å². The average Bonchev–Trinajstić information content (AvgIpc) is 3.22. The molecule has 1 atom stereocenters. The fraction of sp³-hybridized carbons (Fsp3) is 0.450. The van der Waals surface area contributed by atoms with Gasteiger partial charge in [-0.15, -0.1) is 11.3 Å². The second kappa shape index (κ2) is 9.86. The lowest BCUT2D eigenvalue weighted by Crippen LogP contribution is -2.40. The summed E-state index contributed by atoms with van der Waals surface area (Å²) >= 11 is 1.14. The van der Waals surface area contributed by atoms with E-state index in [0.29, 0.717) is 26.3 Å². The number of hydrogen-bond acceptors (Lipinski definition) is 5. The van der Waals surface area contributed by atoms with Crippen molar-refractivity contribution in [3.8, 4) is 0 Å². The van der Waals surface area contributed by atoms with Crippen LogP contribution in [0.5, 0.6) is 0 Å². The maximum absolute atomic E-state index is 13.2. The van der Waals surface area contributed by atoms with Crippen molar-refractivity contribution in [1.82, 2.24) is 14.9 Å². The molecular formula is C20H26FN3O4S2. The number of sulfonamides is 1. The van der Waals surface area contributed by atoms with Crippen LogP contribution < -0.4 is 10.6 Å². The van der Waals surface area contributed by atoms with Gasteiger partial charge in [0.15, 0.2) is 0 Å². The summed E-state index contributed by atoms with van der Waals surface area (Å²) in [6.07, 6.45) is 0. The van der Waals surface area contributed by atoms with Crippen LogP contribution in [-0.4, -0.2) is 45.1 Å². The van der Waals surface area contributed by atoms with Gasteiger partial charge in [-0.25, -0.2) is 17.6 Å². The van der Waals surface area contributed by atoms with Crippen molar-refractivity contribution in [2.45, 2.75) is 30.6 Å². The van der Waals surface area contributed by atoms with Gasteiger partial charge in [-0.2, -0.15) is 4.31 Å². The zero-order valence-corrected chi connectivity index (χ0v) is 18.6. The van der Waals surface area contributed by atoms with Crippen molar-refractivity contribution in [1.29, 1.82) is 0 Å². The number of nitrogens with zero attached hydrogens (tertiary/aromatic N) is 1. The topological polar surface area (TPSA) is 87.7 Å². The van der Waals surface area contributed by atoms with Crippen molar-refractivity contribution in [2.24, 2.45) is 5.92 Å². The Morgan fingerprint density at radius 2 is 1.83 bits per heavy atom. The SMILES string of the molecule is CC(C)C(NC(=O)NCc1ccc(S(=O)(=O)N2CCOCC2)s1)c1ccc(F)cc1. The Kier molecular flexibility index (Phi) is 7.45. The summed E-state index contributed by atoms with van der Waals surface area (Å²) in [4.78, 5) is 13.1. The predicted octanol–water partition coefficient (Wildman–Crippen LogP) is 3.10. The molecule has 0 bridgehead atoms. The highest BCUT2D eigenvalue weighted by molar-refractivity contribution is 7.91. The number of morpholine rings is 1. The highest BCUT2D eigenvalue weighted by Crippen LogP contribution is 2.26. The molecule has 1 unspecified atom stereocenters. The lowest BCUT2D eigenvalue weighted by Gasteiger charge is -2.25. The first-order chi connectivity index (χ1) is 14.3. The quantitative estimate of drug-likeness (QED) is 0.672. The van der Waals surface area contributed by atoms with E-state index >= 15 is 0 Å². The Balaban J connectivity index is 1.58. The number of thiophene rings is 1. The molecule has 7 nitrogen and oxygen atoms in total. The summed E-state index contributed by atoms with van der Waals surface area (Å²) in [6.45, 7) is 5.62. The third kappa shape index (κ3) is 5.57. The largest absolute Gasteiger partial charge is 0.379 e. The molecule has 2 N–H and O–H groups in total. The zero-order chi connectivity index (χ0) is 21.7. The first-order valence-electron chi connectivity index (χ1n) is 9.74. The first-order valence-corrected chi connectivity index (χ1v) is 12.0. The maximum Gasteiger partial charge on any atom is 0.315 e.